The molecule has 1 heterocycles. The zero-order chi connectivity index (χ0) is 39.5. The summed E-state index contributed by atoms with van der Waals surface area (Å²) in [5, 5.41) is 11.7. The van der Waals surface area contributed by atoms with Crippen molar-refractivity contribution in [1.29, 1.82) is 0 Å². The van der Waals surface area contributed by atoms with Crippen LogP contribution in [0.5, 0.6) is 0 Å². The highest BCUT2D eigenvalue weighted by Crippen LogP contribution is 2.38. The predicted octanol–water partition coefficient (Wildman–Crippen LogP) is -0.619. The van der Waals surface area contributed by atoms with Gasteiger partial charge < -0.3 is 47.4 Å². The van der Waals surface area contributed by atoms with Gasteiger partial charge in [-0.3, -0.25) is 38.1 Å². The number of phosphoric ester groups is 1. The molecule has 1 fully saturated rings. The first-order valence-corrected chi connectivity index (χ1v) is 18.7. The van der Waals surface area contributed by atoms with E-state index < -0.39 is 85.5 Å². The van der Waals surface area contributed by atoms with Crippen LogP contribution in [-0.2, 0) is 49.1 Å². The van der Waals surface area contributed by atoms with E-state index in [0.717, 1.165) is 22.6 Å². The highest BCUT2D eigenvalue weighted by Gasteiger charge is 2.41. The lowest BCUT2D eigenvalue weighted by Crippen LogP contribution is -2.63. The molecule has 1 unspecified atom stereocenters. The van der Waals surface area contributed by atoms with Gasteiger partial charge in [-0.05, 0) is 55.4 Å². The third kappa shape index (κ3) is 12.6. The van der Waals surface area contributed by atoms with Crippen molar-refractivity contribution in [3.63, 3.8) is 0 Å². The van der Waals surface area contributed by atoms with Crippen LogP contribution in [0.15, 0.2) is 42.5 Å². The summed E-state index contributed by atoms with van der Waals surface area (Å²) in [6.45, 7) is 3.97. The summed E-state index contributed by atoms with van der Waals surface area (Å²) in [7, 11) is -5.17. The lowest BCUT2D eigenvalue weighted by molar-refractivity contribution is -0.148. The molecule has 3 rings (SSSR count). The van der Waals surface area contributed by atoms with Gasteiger partial charge in [0.2, 0.25) is 41.4 Å². The number of amides is 7. The number of carbonyl (C=O) groups excluding carboxylic acids is 7. The third-order valence-electron chi connectivity index (χ3n) is 8.80. The maximum atomic E-state index is 14.2. The van der Waals surface area contributed by atoms with Crippen molar-refractivity contribution in [2.75, 3.05) is 6.54 Å². The Morgan fingerprint density at radius 2 is 1.57 bits per heavy atom. The quantitative estimate of drug-likeness (QED) is 0.0886. The number of hydrogen-bond donors (Lipinski definition) is 8. The normalized spacial score (nSPS) is 17.4. The molecule has 19 heteroatoms. The molecule has 2 aromatic carbocycles. The first-order chi connectivity index (χ1) is 24.9. The summed E-state index contributed by atoms with van der Waals surface area (Å²) in [5.41, 5.74) is 11.4. The van der Waals surface area contributed by atoms with Crippen LogP contribution in [0.1, 0.15) is 64.9 Å². The monoisotopic (exact) mass is 761 g/mol. The number of carbonyl (C=O) groups is 7. The average Bonchev–Trinajstić information content (AvgIpc) is 3.09. The zero-order valence-electron chi connectivity index (χ0n) is 29.8. The molecule has 7 amide bonds. The minimum Gasteiger partial charge on any atom is -0.370 e. The second kappa shape index (κ2) is 19.3. The number of rotatable bonds is 18. The van der Waals surface area contributed by atoms with Crippen molar-refractivity contribution >= 4 is 59.9 Å². The number of benzene rings is 2. The molecule has 290 valence electrons. The fraction of sp³-hybridized carbons (Fsp3) is 0.500. The van der Waals surface area contributed by atoms with Crippen LogP contribution in [0.3, 0.4) is 0 Å². The van der Waals surface area contributed by atoms with E-state index in [1.165, 1.54) is 6.92 Å². The fourth-order valence-electron chi connectivity index (χ4n) is 6.17. The fourth-order valence-corrected chi connectivity index (χ4v) is 6.72. The molecule has 1 aliphatic heterocycles. The topological polar surface area (TPSA) is 290 Å². The number of piperidine rings is 1. The van der Waals surface area contributed by atoms with Crippen molar-refractivity contribution in [1.82, 2.24) is 26.2 Å². The smallest absolute Gasteiger partial charge is 0.370 e. The lowest BCUT2D eigenvalue weighted by atomic mass is 9.96. The minimum absolute atomic E-state index is 0.00583. The van der Waals surface area contributed by atoms with E-state index in [4.69, 9.17) is 16.0 Å². The Labute approximate surface area is 306 Å². The first kappa shape index (κ1) is 42.5. The Hall–Kier alpha value is -4.90. The van der Waals surface area contributed by atoms with Gasteiger partial charge in [-0.2, -0.15) is 0 Å². The van der Waals surface area contributed by atoms with Crippen molar-refractivity contribution in [3.05, 3.63) is 48.0 Å². The standard InChI is InChI=1S/C34H48N7O11P/c1-4-24(37-20(3)42)31(45)40-29(19(2)52-53(49,50)51)34(48)41-17-8-7-14-27(41)33(47)39-26(32(46)38-25(30(36)44)15-16-28(35)43)18-22-12-9-11-21-10-5-6-13-23(21)22/h5-6,9-13,19,24-27,29H,4,7-8,14-18H2,1-3H3,(H2,35,43)(H2,36,44)(H,37,42)(H,38,46)(H,39,47)(H,40,45)(H2,49,50,51)/t19?,24-,25-,26-,27-,29-/m0/s1. The molecule has 0 radical (unpaired) electrons. The van der Waals surface area contributed by atoms with Gasteiger partial charge in [0, 0.05) is 26.3 Å². The number of nitrogens with zero attached hydrogens (tertiary/aromatic N) is 1. The van der Waals surface area contributed by atoms with Crippen LogP contribution in [0.2, 0.25) is 0 Å². The molecular formula is C34H48N7O11P. The maximum absolute atomic E-state index is 14.2. The molecule has 0 aromatic heterocycles. The molecule has 1 aliphatic rings. The van der Waals surface area contributed by atoms with Gasteiger partial charge >= 0.3 is 7.82 Å². The largest absolute Gasteiger partial charge is 0.469 e. The van der Waals surface area contributed by atoms with Crippen LogP contribution in [0.4, 0.5) is 0 Å². The van der Waals surface area contributed by atoms with Crippen LogP contribution < -0.4 is 32.7 Å². The Kier molecular flexibility index (Phi) is 15.4. The average molecular weight is 762 g/mol. The van der Waals surface area contributed by atoms with E-state index in [0.29, 0.717) is 18.4 Å². The Morgan fingerprint density at radius 1 is 0.906 bits per heavy atom. The minimum atomic E-state index is -5.17. The van der Waals surface area contributed by atoms with Gasteiger partial charge in [0.25, 0.3) is 0 Å². The summed E-state index contributed by atoms with van der Waals surface area (Å²) < 4.78 is 16.6. The van der Waals surface area contributed by atoms with Crippen molar-refractivity contribution in [2.45, 2.75) is 102 Å². The van der Waals surface area contributed by atoms with Gasteiger partial charge in [0.15, 0.2) is 0 Å². The Bertz CT molecular complexity index is 1730. The van der Waals surface area contributed by atoms with Crippen molar-refractivity contribution in [3.8, 4) is 0 Å². The second-order valence-corrected chi connectivity index (χ2v) is 14.1. The molecule has 18 nitrogen and oxygen atoms in total. The molecule has 0 spiro atoms. The number of fused-ring (bicyclic) bond motifs is 1. The number of nitrogens with two attached hydrogens (primary N) is 2. The number of nitrogens with one attached hydrogen (secondary N) is 4. The van der Waals surface area contributed by atoms with E-state index in [1.807, 2.05) is 30.3 Å². The van der Waals surface area contributed by atoms with Gasteiger partial charge in [-0.15, -0.1) is 0 Å². The SMILES string of the molecule is CC[C@H](NC(C)=O)C(=O)N[C@H](C(=O)N1CCCC[C@H]1C(=O)N[C@@H](Cc1cccc2ccccc12)C(=O)N[C@@H](CCC(N)=O)C(N)=O)C(C)OP(=O)(O)O. The van der Waals surface area contributed by atoms with E-state index in [9.17, 15) is 47.9 Å². The number of primary amides is 2. The van der Waals surface area contributed by atoms with Gasteiger partial charge in [0.05, 0.1) is 6.10 Å². The first-order valence-electron chi connectivity index (χ1n) is 17.2. The maximum Gasteiger partial charge on any atom is 0.469 e. The van der Waals surface area contributed by atoms with Gasteiger partial charge in [0.1, 0.15) is 30.2 Å². The molecule has 0 bridgehead atoms. The molecule has 1 saturated heterocycles. The molecule has 0 aliphatic carbocycles. The summed E-state index contributed by atoms with van der Waals surface area (Å²) in [6.07, 6.45) is -0.914. The summed E-state index contributed by atoms with van der Waals surface area (Å²) in [4.78, 5) is 111. The third-order valence-corrected chi connectivity index (χ3v) is 9.41. The van der Waals surface area contributed by atoms with Crippen LogP contribution in [0, 0.1) is 0 Å². The molecule has 53 heavy (non-hydrogen) atoms. The number of phosphoric acid groups is 1. The lowest BCUT2D eigenvalue weighted by Gasteiger charge is -2.39. The Morgan fingerprint density at radius 3 is 2.19 bits per heavy atom. The van der Waals surface area contributed by atoms with Crippen LogP contribution in [0.25, 0.3) is 10.8 Å². The van der Waals surface area contributed by atoms with E-state index >= 15 is 0 Å². The molecule has 10 N–H and O–H groups in total. The highest BCUT2D eigenvalue weighted by molar-refractivity contribution is 7.46. The predicted molar refractivity (Wildman–Crippen MR) is 191 cm³/mol. The van der Waals surface area contributed by atoms with Crippen LogP contribution in [-0.4, -0.2) is 98.9 Å². The molecular weight excluding hydrogens is 713 g/mol. The summed E-state index contributed by atoms with van der Waals surface area (Å²) >= 11 is 0. The second-order valence-electron chi connectivity index (χ2n) is 12.9. The van der Waals surface area contributed by atoms with Gasteiger partial charge in [-0.25, -0.2) is 4.57 Å². The Balaban J connectivity index is 1.96. The zero-order valence-corrected chi connectivity index (χ0v) is 30.7. The van der Waals surface area contributed by atoms with Crippen LogP contribution >= 0.6 is 7.82 Å². The van der Waals surface area contributed by atoms with Crippen molar-refractivity contribution < 1.29 is 52.4 Å². The summed E-state index contributed by atoms with van der Waals surface area (Å²) in [6, 6.07) is 6.16. The summed E-state index contributed by atoms with van der Waals surface area (Å²) in [5.74, 6) is -5.46. The number of hydrogen-bond acceptors (Lipinski definition) is 9. The molecule has 0 saturated carbocycles. The molecule has 6 atom stereocenters. The van der Waals surface area contributed by atoms with Gasteiger partial charge in [-0.1, -0.05) is 49.4 Å². The molecule has 2 aromatic rings. The number of likely N-dealkylation sites (tertiary alicyclic amines) is 1. The highest BCUT2D eigenvalue weighted by atomic mass is 31.2. The van der Waals surface area contributed by atoms with E-state index in [1.54, 1.807) is 19.1 Å². The van der Waals surface area contributed by atoms with E-state index in [-0.39, 0.29) is 38.6 Å². The van der Waals surface area contributed by atoms with Crippen molar-refractivity contribution in [2.24, 2.45) is 11.5 Å². The van der Waals surface area contributed by atoms with E-state index in [2.05, 4.69) is 21.3 Å².